The lowest BCUT2D eigenvalue weighted by Crippen LogP contribution is -2.36. The third-order valence-electron chi connectivity index (χ3n) is 4.75. The summed E-state index contributed by atoms with van der Waals surface area (Å²) in [5, 5.41) is 0.526. The van der Waals surface area contributed by atoms with Gasteiger partial charge in [-0.1, -0.05) is 36.0 Å². The first kappa shape index (κ1) is 18.8. The average molecular weight is 398 g/mol. The van der Waals surface area contributed by atoms with Crippen molar-refractivity contribution < 1.29 is 13.9 Å². The van der Waals surface area contributed by atoms with Crippen molar-refractivity contribution in [2.24, 2.45) is 0 Å². The van der Waals surface area contributed by atoms with Gasteiger partial charge in [0.05, 0.1) is 19.0 Å². The summed E-state index contributed by atoms with van der Waals surface area (Å²) in [6.45, 7) is 3.97. The minimum Gasteiger partial charge on any atom is -0.431 e. The number of anilines is 1. The summed E-state index contributed by atoms with van der Waals surface area (Å²) in [6, 6.07) is 16.0. The molecular weight excluding hydrogens is 374 g/mol. The highest BCUT2D eigenvalue weighted by Gasteiger charge is 2.14. The predicted octanol–water partition coefficient (Wildman–Crippen LogP) is 3.42. The fourth-order valence-corrected chi connectivity index (χ4v) is 3.92. The van der Waals surface area contributed by atoms with Gasteiger partial charge in [0.15, 0.2) is 5.58 Å². The first-order valence-corrected chi connectivity index (χ1v) is 10.3. The standard InChI is InChI=1S/C21H23N3O3S/c1-23(14-16-6-8-17(9-7-16)24-10-12-26-13-11-24)20(25)15-28-21-22-18-4-2-3-5-19(18)27-21/h2-9H,10-15H2,1H3. The Balaban J connectivity index is 1.30. The Morgan fingerprint density at radius 1 is 1.14 bits per heavy atom. The van der Waals surface area contributed by atoms with E-state index >= 15 is 0 Å². The second kappa shape index (κ2) is 8.67. The Hall–Kier alpha value is -2.51. The molecule has 1 fully saturated rings. The number of rotatable bonds is 6. The number of hydrogen-bond acceptors (Lipinski definition) is 6. The molecule has 2 aromatic carbocycles. The number of amides is 1. The number of ether oxygens (including phenoxy) is 1. The molecule has 1 aromatic heterocycles. The molecule has 6 nitrogen and oxygen atoms in total. The molecule has 0 N–H and O–H groups in total. The normalized spacial score (nSPS) is 14.4. The highest BCUT2D eigenvalue weighted by Crippen LogP contribution is 2.23. The molecule has 146 valence electrons. The molecule has 0 saturated carbocycles. The third-order valence-corrected chi connectivity index (χ3v) is 5.56. The minimum absolute atomic E-state index is 0.0458. The van der Waals surface area contributed by atoms with Gasteiger partial charge in [-0.05, 0) is 29.8 Å². The number of hydrogen-bond donors (Lipinski definition) is 0. The lowest BCUT2D eigenvalue weighted by Gasteiger charge is -2.29. The Morgan fingerprint density at radius 3 is 2.64 bits per heavy atom. The van der Waals surface area contributed by atoms with E-state index in [0.29, 0.717) is 17.5 Å². The zero-order valence-corrected chi connectivity index (χ0v) is 16.7. The lowest BCUT2D eigenvalue weighted by molar-refractivity contribution is -0.127. The summed E-state index contributed by atoms with van der Waals surface area (Å²) in [5.41, 5.74) is 3.87. The third kappa shape index (κ3) is 4.48. The number of thioether (sulfide) groups is 1. The van der Waals surface area contributed by atoms with Crippen LogP contribution in [0.3, 0.4) is 0 Å². The Bertz CT molecular complexity index is 902. The molecule has 0 unspecified atom stereocenters. The van der Waals surface area contributed by atoms with E-state index in [1.165, 1.54) is 17.4 Å². The van der Waals surface area contributed by atoms with Crippen LogP contribution in [0.1, 0.15) is 5.56 Å². The highest BCUT2D eigenvalue weighted by molar-refractivity contribution is 7.99. The summed E-state index contributed by atoms with van der Waals surface area (Å²) >= 11 is 1.33. The van der Waals surface area contributed by atoms with Crippen molar-refractivity contribution in [3.63, 3.8) is 0 Å². The van der Waals surface area contributed by atoms with Crippen LogP contribution in [0.25, 0.3) is 11.1 Å². The van der Waals surface area contributed by atoms with E-state index in [0.717, 1.165) is 43.0 Å². The van der Waals surface area contributed by atoms with Gasteiger partial charge in [-0.15, -0.1) is 0 Å². The van der Waals surface area contributed by atoms with Gasteiger partial charge in [-0.2, -0.15) is 0 Å². The van der Waals surface area contributed by atoms with Crippen LogP contribution in [0.4, 0.5) is 5.69 Å². The second-order valence-corrected chi connectivity index (χ2v) is 7.68. The lowest BCUT2D eigenvalue weighted by atomic mass is 10.2. The van der Waals surface area contributed by atoms with Crippen molar-refractivity contribution in [3.05, 3.63) is 54.1 Å². The van der Waals surface area contributed by atoms with Crippen LogP contribution in [-0.4, -0.2) is 54.9 Å². The Morgan fingerprint density at radius 2 is 1.89 bits per heavy atom. The minimum atomic E-state index is 0.0458. The van der Waals surface area contributed by atoms with Crippen molar-refractivity contribution in [1.82, 2.24) is 9.88 Å². The van der Waals surface area contributed by atoms with Gasteiger partial charge in [0.25, 0.3) is 5.22 Å². The number of carbonyl (C=O) groups is 1. The van der Waals surface area contributed by atoms with E-state index < -0.39 is 0 Å². The highest BCUT2D eigenvalue weighted by atomic mass is 32.2. The molecule has 2 heterocycles. The number of aromatic nitrogens is 1. The smallest absolute Gasteiger partial charge is 0.257 e. The summed E-state index contributed by atoms with van der Waals surface area (Å²) in [7, 11) is 1.82. The van der Waals surface area contributed by atoms with Crippen LogP contribution in [0.5, 0.6) is 0 Å². The number of nitrogens with zero attached hydrogens (tertiary/aromatic N) is 3. The van der Waals surface area contributed by atoms with Gasteiger partial charge in [-0.3, -0.25) is 4.79 Å². The summed E-state index contributed by atoms with van der Waals surface area (Å²) < 4.78 is 11.1. The zero-order chi connectivity index (χ0) is 19.3. The molecule has 0 atom stereocenters. The van der Waals surface area contributed by atoms with Crippen LogP contribution in [0.15, 0.2) is 58.2 Å². The number of fused-ring (bicyclic) bond motifs is 1. The fraction of sp³-hybridized carbons (Fsp3) is 0.333. The van der Waals surface area contributed by atoms with Gasteiger partial charge in [0, 0.05) is 32.4 Å². The van der Waals surface area contributed by atoms with E-state index in [9.17, 15) is 4.79 Å². The first-order valence-electron chi connectivity index (χ1n) is 9.33. The van der Waals surface area contributed by atoms with Crippen LogP contribution in [0.2, 0.25) is 0 Å². The molecule has 0 radical (unpaired) electrons. The SMILES string of the molecule is CN(Cc1ccc(N2CCOCC2)cc1)C(=O)CSc1nc2ccccc2o1. The zero-order valence-electron chi connectivity index (χ0n) is 15.8. The average Bonchev–Trinajstić information content (AvgIpc) is 3.16. The Kier molecular flexibility index (Phi) is 5.83. The van der Waals surface area contributed by atoms with Crippen molar-refractivity contribution >= 4 is 34.5 Å². The molecule has 7 heteroatoms. The van der Waals surface area contributed by atoms with Crippen molar-refractivity contribution in [3.8, 4) is 0 Å². The molecular formula is C21H23N3O3S. The molecule has 28 heavy (non-hydrogen) atoms. The van der Waals surface area contributed by atoms with Crippen molar-refractivity contribution in [2.45, 2.75) is 11.8 Å². The van der Waals surface area contributed by atoms with E-state index in [1.807, 2.05) is 31.3 Å². The number of oxazole rings is 1. The van der Waals surface area contributed by atoms with Crippen molar-refractivity contribution in [2.75, 3.05) is 44.0 Å². The van der Waals surface area contributed by atoms with Crippen LogP contribution in [-0.2, 0) is 16.1 Å². The maximum absolute atomic E-state index is 12.5. The largest absolute Gasteiger partial charge is 0.431 e. The van der Waals surface area contributed by atoms with Gasteiger partial charge < -0.3 is 19.0 Å². The second-order valence-electron chi connectivity index (χ2n) is 6.75. The fourth-order valence-electron chi connectivity index (χ4n) is 3.14. The Labute approximate surface area is 168 Å². The van der Waals surface area contributed by atoms with Crippen LogP contribution >= 0.6 is 11.8 Å². The van der Waals surface area contributed by atoms with Crippen LogP contribution < -0.4 is 4.90 Å². The van der Waals surface area contributed by atoms with E-state index in [-0.39, 0.29) is 5.91 Å². The van der Waals surface area contributed by atoms with Gasteiger partial charge in [0.1, 0.15) is 5.52 Å². The van der Waals surface area contributed by atoms with Gasteiger partial charge in [0.2, 0.25) is 5.91 Å². The first-order chi connectivity index (χ1) is 13.7. The van der Waals surface area contributed by atoms with E-state index in [2.05, 4.69) is 34.1 Å². The van der Waals surface area contributed by atoms with E-state index in [4.69, 9.17) is 9.15 Å². The number of para-hydroxylation sites is 2. The maximum atomic E-state index is 12.5. The number of carbonyl (C=O) groups excluding carboxylic acids is 1. The molecule has 0 aliphatic carbocycles. The molecule has 3 aromatic rings. The number of benzene rings is 2. The van der Waals surface area contributed by atoms with Gasteiger partial charge in [-0.25, -0.2) is 4.98 Å². The summed E-state index contributed by atoms with van der Waals surface area (Å²) in [5.74, 6) is 0.347. The van der Waals surface area contributed by atoms with Crippen LogP contribution in [0, 0.1) is 0 Å². The molecule has 4 rings (SSSR count). The maximum Gasteiger partial charge on any atom is 0.257 e. The van der Waals surface area contributed by atoms with E-state index in [1.54, 1.807) is 4.90 Å². The molecule has 1 amide bonds. The monoisotopic (exact) mass is 397 g/mol. The summed E-state index contributed by atoms with van der Waals surface area (Å²) in [4.78, 5) is 20.9. The molecule has 0 spiro atoms. The predicted molar refractivity (Wildman–Crippen MR) is 111 cm³/mol. The molecule has 1 aliphatic rings. The topological polar surface area (TPSA) is 58.8 Å². The number of morpholine rings is 1. The van der Waals surface area contributed by atoms with Crippen molar-refractivity contribution in [1.29, 1.82) is 0 Å². The molecule has 0 bridgehead atoms. The molecule has 1 saturated heterocycles. The van der Waals surface area contributed by atoms with Gasteiger partial charge >= 0.3 is 0 Å². The molecule has 1 aliphatic heterocycles. The summed E-state index contributed by atoms with van der Waals surface area (Å²) in [6.07, 6.45) is 0. The quantitative estimate of drug-likeness (QED) is 0.594.